The summed E-state index contributed by atoms with van der Waals surface area (Å²) in [5.74, 6) is -1.23. The van der Waals surface area contributed by atoms with Crippen molar-refractivity contribution in [2.75, 3.05) is 33.7 Å². The van der Waals surface area contributed by atoms with E-state index in [9.17, 15) is 19.5 Å². The third kappa shape index (κ3) is 3.64. The lowest BCUT2D eigenvalue weighted by Gasteiger charge is -2.28. The monoisotopic (exact) mass is 410 g/mol. The number of β-amino-alcohol motifs (C(OH)–C–C–N with tert-alkyl or cyclic N) is 1. The molecule has 2 fully saturated rings. The van der Waals surface area contributed by atoms with Crippen LogP contribution in [0.2, 0.25) is 0 Å². The Bertz CT molecular complexity index is 1010. The van der Waals surface area contributed by atoms with Gasteiger partial charge in [-0.2, -0.15) is 0 Å². The molecule has 30 heavy (non-hydrogen) atoms. The van der Waals surface area contributed by atoms with Gasteiger partial charge in [0.25, 0.3) is 11.8 Å². The van der Waals surface area contributed by atoms with E-state index in [-0.39, 0.29) is 5.57 Å². The molecule has 0 spiro atoms. The number of hydrogen-bond acceptors (Lipinski definition) is 5. The van der Waals surface area contributed by atoms with Crippen molar-refractivity contribution in [1.29, 1.82) is 0 Å². The Balaban J connectivity index is 1.66. The fourth-order valence-electron chi connectivity index (χ4n) is 4.22. The average molecular weight is 410 g/mol. The summed E-state index contributed by atoms with van der Waals surface area (Å²) in [6, 6.07) is 7.03. The van der Waals surface area contributed by atoms with E-state index in [4.69, 9.17) is 0 Å². The summed E-state index contributed by atoms with van der Waals surface area (Å²) in [5.41, 5.74) is 1.56. The van der Waals surface area contributed by atoms with Crippen LogP contribution in [0.1, 0.15) is 18.4 Å². The smallest absolute Gasteiger partial charge is 0.333 e. The molecule has 0 aliphatic carbocycles. The molecule has 0 bridgehead atoms. The van der Waals surface area contributed by atoms with Gasteiger partial charge in [-0.25, -0.2) is 4.79 Å². The van der Waals surface area contributed by atoms with Crippen LogP contribution in [-0.4, -0.2) is 82.1 Å². The number of barbiturate groups is 1. The number of carbonyl (C=O) groups excluding carboxylic acids is 3. The van der Waals surface area contributed by atoms with Crippen molar-refractivity contribution in [3.63, 3.8) is 0 Å². The summed E-state index contributed by atoms with van der Waals surface area (Å²) < 4.78 is 1.96. The number of aliphatic hydroxyl groups excluding tert-OH is 1. The molecule has 1 unspecified atom stereocenters. The van der Waals surface area contributed by atoms with Crippen LogP contribution in [0.25, 0.3) is 17.0 Å². The molecule has 8 nitrogen and oxygen atoms in total. The van der Waals surface area contributed by atoms with Gasteiger partial charge in [0.15, 0.2) is 0 Å². The van der Waals surface area contributed by atoms with E-state index in [1.807, 2.05) is 35.0 Å². The lowest BCUT2D eigenvalue weighted by molar-refractivity contribution is -0.134. The molecule has 8 heteroatoms. The Morgan fingerprint density at radius 1 is 1.00 bits per heavy atom. The maximum atomic E-state index is 12.5. The average Bonchev–Trinajstić information content (AvgIpc) is 3.36. The van der Waals surface area contributed by atoms with Crippen molar-refractivity contribution < 1.29 is 19.5 Å². The summed E-state index contributed by atoms with van der Waals surface area (Å²) in [4.78, 5) is 41.2. The highest BCUT2D eigenvalue weighted by atomic mass is 16.3. The summed E-state index contributed by atoms with van der Waals surface area (Å²) in [5, 5.41) is 11.5. The molecule has 158 valence electrons. The Kier molecular flexibility index (Phi) is 5.44. The molecule has 1 aromatic heterocycles. The first-order valence-electron chi connectivity index (χ1n) is 10.2. The number of likely N-dealkylation sites (tertiary alicyclic amines) is 1. The van der Waals surface area contributed by atoms with Crippen LogP contribution in [-0.2, 0) is 16.1 Å². The summed E-state index contributed by atoms with van der Waals surface area (Å²) >= 11 is 0. The SMILES string of the molecule is CN1C(=O)C(=Cc2cn(CC(O)CN3CCCC3)c3ccccc23)C(=O)N(C)C1=O. The molecule has 1 atom stereocenters. The van der Waals surface area contributed by atoms with Crippen LogP contribution >= 0.6 is 0 Å². The third-order valence-electron chi connectivity index (χ3n) is 5.84. The normalized spacial score (nSPS) is 19.3. The number of hydrogen-bond donors (Lipinski definition) is 1. The van der Waals surface area contributed by atoms with Crippen molar-refractivity contribution in [2.24, 2.45) is 0 Å². The van der Waals surface area contributed by atoms with E-state index in [0.717, 1.165) is 33.8 Å². The Morgan fingerprint density at radius 2 is 1.63 bits per heavy atom. The maximum absolute atomic E-state index is 12.5. The second-order valence-corrected chi connectivity index (χ2v) is 7.98. The zero-order valence-corrected chi connectivity index (χ0v) is 17.2. The topological polar surface area (TPSA) is 86.1 Å². The van der Waals surface area contributed by atoms with Gasteiger partial charge in [0, 0.05) is 49.8 Å². The molecule has 4 amide bonds. The van der Waals surface area contributed by atoms with Gasteiger partial charge in [-0.15, -0.1) is 0 Å². The Hall–Kier alpha value is -2.97. The molecule has 0 radical (unpaired) electrons. The van der Waals surface area contributed by atoms with E-state index < -0.39 is 23.9 Å². The van der Waals surface area contributed by atoms with E-state index in [1.54, 1.807) is 0 Å². The number of carbonyl (C=O) groups is 3. The molecule has 3 heterocycles. The third-order valence-corrected chi connectivity index (χ3v) is 5.84. The second-order valence-electron chi connectivity index (χ2n) is 7.98. The summed E-state index contributed by atoms with van der Waals surface area (Å²) in [6.07, 6.45) is 5.21. The molecule has 1 N–H and O–H groups in total. The Morgan fingerprint density at radius 3 is 2.30 bits per heavy atom. The maximum Gasteiger partial charge on any atom is 0.333 e. The summed E-state index contributed by atoms with van der Waals surface area (Å²) in [6.45, 7) is 3.08. The van der Waals surface area contributed by atoms with E-state index in [0.29, 0.717) is 18.7 Å². The molecule has 2 aliphatic heterocycles. The van der Waals surface area contributed by atoms with Crippen LogP contribution in [0.15, 0.2) is 36.0 Å². The molecular formula is C22H26N4O4. The van der Waals surface area contributed by atoms with Gasteiger partial charge >= 0.3 is 6.03 Å². The first kappa shape index (κ1) is 20.3. The van der Waals surface area contributed by atoms with E-state index in [2.05, 4.69) is 4.90 Å². The summed E-state index contributed by atoms with van der Waals surface area (Å²) in [7, 11) is 2.72. The zero-order chi connectivity index (χ0) is 21.4. The van der Waals surface area contributed by atoms with E-state index >= 15 is 0 Å². The van der Waals surface area contributed by atoms with Crippen molar-refractivity contribution in [2.45, 2.75) is 25.5 Å². The Labute approximate surface area is 174 Å². The number of amides is 4. The zero-order valence-electron chi connectivity index (χ0n) is 17.2. The molecule has 2 aliphatic rings. The number of aliphatic hydroxyl groups is 1. The number of aromatic nitrogens is 1. The van der Waals surface area contributed by atoms with Crippen molar-refractivity contribution in [3.8, 4) is 0 Å². The van der Waals surface area contributed by atoms with Gasteiger partial charge in [-0.1, -0.05) is 18.2 Å². The van der Waals surface area contributed by atoms with Crippen LogP contribution in [0, 0.1) is 0 Å². The lowest BCUT2D eigenvalue weighted by Crippen LogP contribution is -2.52. The van der Waals surface area contributed by atoms with Gasteiger partial charge in [-0.05, 0) is 38.1 Å². The van der Waals surface area contributed by atoms with Crippen LogP contribution < -0.4 is 0 Å². The predicted molar refractivity (Wildman–Crippen MR) is 113 cm³/mol. The number of likely N-dealkylation sites (N-methyl/N-ethyl adjacent to an activating group) is 2. The minimum absolute atomic E-state index is 0.0554. The van der Waals surface area contributed by atoms with Crippen molar-refractivity contribution in [1.82, 2.24) is 19.3 Å². The van der Waals surface area contributed by atoms with Crippen LogP contribution in [0.5, 0.6) is 0 Å². The molecule has 0 saturated carbocycles. The number of rotatable bonds is 5. The predicted octanol–water partition coefficient (Wildman–Crippen LogP) is 1.53. The number of urea groups is 1. The van der Waals surface area contributed by atoms with Gasteiger partial charge in [0.2, 0.25) is 0 Å². The van der Waals surface area contributed by atoms with Gasteiger partial charge in [0.05, 0.1) is 6.10 Å². The highest BCUT2D eigenvalue weighted by Gasteiger charge is 2.38. The van der Waals surface area contributed by atoms with Crippen molar-refractivity contribution in [3.05, 3.63) is 41.6 Å². The minimum atomic E-state index is -0.644. The number of para-hydroxylation sites is 1. The highest BCUT2D eigenvalue weighted by Crippen LogP contribution is 2.26. The molecule has 4 rings (SSSR count). The molecule has 1 aromatic carbocycles. The fraction of sp³-hybridized carbons (Fsp3) is 0.409. The van der Waals surface area contributed by atoms with Crippen molar-refractivity contribution >= 4 is 34.8 Å². The van der Waals surface area contributed by atoms with Crippen LogP contribution in [0.4, 0.5) is 4.79 Å². The largest absolute Gasteiger partial charge is 0.390 e. The van der Waals surface area contributed by atoms with Gasteiger partial charge < -0.3 is 14.6 Å². The highest BCUT2D eigenvalue weighted by molar-refractivity contribution is 6.31. The second kappa shape index (κ2) is 8.04. The fourth-order valence-corrected chi connectivity index (χ4v) is 4.22. The lowest BCUT2D eigenvalue weighted by atomic mass is 10.1. The standard InChI is InChI=1S/C22H26N4O4/c1-23-20(28)18(21(29)24(2)22(23)30)11-15-12-26(19-8-4-3-7-17(15)19)14-16(27)13-25-9-5-6-10-25/h3-4,7-8,11-12,16,27H,5-6,9-10,13-14H2,1-2H3. The van der Waals surface area contributed by atoms with Gasteiger partial charge in [-0.3, -0.25) is 19.4 Å². The number of fused-ring (bicyclic) bond motifs is 1. The first-order valence-corrected chi connectivity index (χ1v) is 10.2. The number of nitrogens with zero attached hydrogens (tertiary/aromatic N) is 4. The molecular weight excluding hydrogens is 384 g/mol. The quantitative estimate of drug-likeness (QED) is 0.597. The first-order chi connectivity index (χ1) is 14.4. The van der Waals surface area contributed by atoms with Crippen LogP contribution in [0.3, 0.4) is 0 Å². The molecule has 2 saturated heterocycles. The minimum Gasteiger partial charge on any atom is -0.390 e. The molecule has 2 aromatic rings. The van der Waals surface area contributed by atoms with Gasteiger partial charge in [0.1, 0.15) is 5.57 Å². The van der Waals surface area contributed by atoms with E-state index in [1.165, 1.54) is 33.0 Å². The number of imide groups is 2. The number of benzene rings is 1.